The Hall–Kier alpha value is -4.62. The van der Waals surface area contributed by atoms with Crippen LogP contribution in [0.1, 0.15) is 40.2 Å². The summed E-state index contributed by atoms with van der Waals surface area (Å²) in [5.41, 5.74) is 8.22. The van der Waals surface area contributed by atoms with Gasteiger partial charge in [-0.3, -0.25) is 0 Å². The van der Waals surface area contributed by atoms with Gasteiger partial charge in [-0.15, -0.1) is 0 Å². The first kappa shape index (κ1) is 25.4. The van der Waals surface area contributed by atoms with Crippen molar-refractivity contribution in [2.24, 2.45) is 0 Å². The second-order valence-electron chi connectivity index (χ2n) is 11.8. The van der Waals surface area contributed by atoms with Crippen molar-refractivity contribution < 1.29 is 4.42 Å². The van der Waals surface area contributed by atoms with E-state index in [1.54, 1.807) is 0 Å². The third kappa shape index (κ3) is 3.99. The van der Waals surface area contributed by atoms with Gasteiger partial charge < -0.3 is 4.42 Å². The summed E-state index contributed by atoms with van der Waals surface area (Å²) in [6.07, 6.45) is 0. The Morgan fingerprint density at radius 3 is 1.73 bits per heavy atom. The van der Waals surface area contributed by atoms with Crippen molar-refractivity contribution in [1.82, 2.24) is 0 Å². The smallest absolute Gasteiger partial charge is 0.136 e. The van der Waals surface area contributed by atoms with Gasteiger partial charge in [-0.25, -0.2) is 0 Å². The lowest BCUT2D eigenvalue weighted by molar-refractivity contribution is 0.591. The zero-order valence-electron chi connectivity index (χ0n) is 24.4. The first-order valence-electron chi connectivity index (χ1n) is 14.7. The highest BCUT2D eigenvalue weighted by Gasteiger charge is 2.20. The van der Waals surface area contributed by atoms with Gasteiger partial charge in [0.25, 0.3) is 0 Å². The third-order valence-corrected chi connectivity index (χ3v) is 8.36. The molecule has 41 heavy (non-hydrogen) atoms. The Kier molecular flexibility index (Phi) is 5.87. The highest BCUT2D eigenvalue weighted by molar-refractivity contribution is 6.28. The molecule has 0 amide bonds. The van der Waals surface area contributed by atoms with Gasteiger partial charge in [-0.1, -0.05) is 126 Å². The quantitative estimate of drug-likeness (QED) is 0.203. The summed E-state index contributed by atoms with van der Waals surface area (Å²) >= 11 is 0. The summed E-state index contributed by atoms with van der Waals surface area (Å²) in [6.45, 7) is 10.9. The minimum absolute atomic E-state index is 0.0901. The number of benzene rings is 7. The molecule has 0 saturated carbocycles. The first-order chi connectivity index (χ1) is 20.0. The van der Waals surface area contributed by atoms with Crippen molar-refractivity contribution in [3.05, 3.63) is 121 Å². The molecule has 8 rings (SSSR count). The van der Waals surface area contributed by atoms with Gasteiger partial charge in [0.1, 0.15) is 11.2 Å². The average molecular weight is 531 g/mol. The summed E-state index contributed by atoms with van der Waals surface area (Å²) in [5.74, 6) is 0. The van der Waals surface area contributed by atoms with Gasteiger partial charge in [0.2, 0.25) is 0 Å². The summed E-state index contributed by atoms with van der Waals surface area (Å²) < 4.78 is 6.30. The minimum Gasteiger partial charge on any atom is -0.456 e. The molecule has 7 aromatic carbocycles. The SMILES string of the molecule is CC.CC(C)(C)c1cc2ccc3c(-c4ccccc4)cc(-c4ccc5c(c4)oc4ccccc45)c4ccc(c1)c2c34. The van der Waals surface area contributed by atoms with Crippen LogP contribution < -0.4 is 0 Å². The standard InChI is InChI=1S/C38H28O.C2H6/c1-38(2,3)27-19-25-14-17-30-32(23-9-5-4-6-10-23)22-33(31-18-15-26(20-27)36(25)37(30)31)24-13-16-29-28-11-7-8-12-34(28)39-35(29)21-24;1-2/h4-22H,1-3H3;1-2H3. The molecule has 0 bridgehead atoms. The molecule has 1 nitrogen and oxygen atoms in total. The van der Waals surface area contributed by atoms with Crippen molar-refractivity contribution in [2.45, 2.75) is 40.0 Å². The molecule has 0 spiro atoms. The van der Waals surface area contributed by atoms with Gasteiger partial charge in [0.05, 0.1) is 0 Å². The van der Waals surface area contributed by atoms with Gasteiger partial charge in [0.15, 0.2) is 0 Å². The van der Waals surface area contributed by atoms with Crippen molar-refractivity contribution in [2.75, 3.05) is 0 Å². The van der Waals surface area contributed by atoms with E-state index in [2.05, 4.69) is 124 Å². The first-order valence-corrected chi connectivity index (χ1v) is 14.7. The molecule has 0 aliphatic carbocycles. The molecule has 0 aliphatic heterocycles. The molecule has 200 valence electrons. The lowest BCUT2D eigenvalue weighted by Crippen LogP contribution is -2.10. The van der Waals surface area contributed by atoms with Crippen LogP contribution in [0.15, 0.2) is 120 Å². The number of rotatable bonds is 2. The molecule has 1 heterocycles. The van der Waals surface area contributed by atoms with E-state index >= 15 is 0 Å². The molecule has 0 atom stereocenters. The second kappa shape index (κ2) is 9.49. The van der Waals surface area contributed by atoms with E-state index in [9.17, 15) is 0 Å². The van der Waals surface area contributed by atoms with Crippen LogP contribution in [-0.4, -0.2) is 0 Å². The average Bonchev–Trinajstić information content (AvgIpc) is 3.38. The van der Waals surface area contributed by atoms with Crippen LogP contribution in [0.5, 0.6) is 0 Å². The lowest BCUT2D eigenvalue weighted by atomic mass is 9.81. The van der Waals surface area contributed by atoms with Gasteiger partial charge >= 0.3 is 0 Å². The highest BCUT2D eigenvalue weighted by Crippen LogP contribution is 2.45. The maximum Gasteiger partial charge on any atom is 0.136 e. The normalized spacial score (nSPS) is 12.0. The molecule has 1 aromatic heterocycles. The van der Waals surface area contributed by atoms with E-state index in [1.807, 2.05) is 26.0 Å². The Morgan fingerprint density at radius 2 is 1.05 bits per heavy atom. The number of hydrogen-bond donors (Lipinski definition) is 0. The number of para-hydroxylation sites is 1. The van der Waals surface area contributed by atoms with Crippen molar-refractivity contribution in [3.63, 3.8) is 0 Å². The maximum atomic E-state index is 6.30. The van der Waals surface area contributed by atoms with Crippen molar-refractivity contribution >= 4 is 54.3 Å². The summed E-state index contributed by atoms with van der Waals surface area (Å²) in [4.78, 5) is 0. The molecule has 0 aliphatic rings. The molecule has 1 heteroatoms. The maximum absolute atomic E-state index is 6.30. The molecular weight excluding hydrogens is 496 g/mol. The second-order valence-corrected chi connectivity index (χ2v) is 11.8. The Bertz CT molecular complexity index is 2170. The van der Waals surface area contributed by atoms with E-state index in [0.29, 0.717) is 0 Å². The summed E-state index contributed by atoms with van der Waals surface area (Å²) in [6, 6.07) is 42.2. The number of fused-ring (bicyclic) bond motifs is 3. The lowest BCUT2D eigenvalue weighted by Gasteiger charge is -2.23. The molecule has 0 N–H and O–H groups in total. The van der Waals surface area contributed by atoms with Crippen LogP contribution >= 0.6 is 0 Å². The molecule has 0 fully saturated rings. The fourth-order valence-electron chi connectivity index (χ4n) is 6.34. The van der Waals surface area contributed by atoms with Crippen molar-refractivity contribution in [3.8, 4) is 22.3 Å². The van der Waals surface area contributed by atoms with Crippen LogP contribution in [0.25, 0.3) is 76.5 Å². The molecule has 8 aromatic rings. The zero-order valence-corrected chi connectivity index (χ0v) is 24.4. The van der Waals surface area contributed by atoms with Crippen LogP contribution in [0.4, 0.5) is 0 Å². The van der Waals surface area contributed by atoms with E-state index in [-0.39, 0.29) is 5.41 Å². The summed E-state index contributed by atoms with van der Waals surface area (Å²) in [7, 11) is 0. The predicted molar refractivity (Wildman–Crippen MR) is 178 cm³/mol. The Labute approximate surface area is 241 Å². The van der Waals surface area contributed by atoms with Crippen molar-refractivity contribution in [1.29, 1.82) is 0 Å². The number of furan rings is 1. The predicted octanol–water partition coefficient (Wildman–Crippen LogP) is 12.1. The molecule has 0 saturated heterocycles. The zero-order chi connectivity index (χ0) is 28.3. The van der Waals surface area contributed by atoms with Gasteiger partial charge in [0, 0.05) is 10.8 Å². The van der Waals surface area contributed by atoms with E-state index in [4.69, 9.17) is 4.42 Å². The molecule has 0 radical (unpaired) electrons. The number of hydrogen-bond acceptors (Lipinski definition) is 1. The van der Waals surface area contributed by atoms with Crippen LogP contribution in [-0.2, 0) is 5.41 Å². The van der Waals surface area contributed by atoms with Crippen LogP contribution in [0.2, 0.25) is 0 Å². The van der Waals surface area contributed by atoms with Crippen LogP contribution in [0, 0.1) is 0 Å². The fourth-order valence-corrected chi connectivity index (χ4v) is 6.34. The highest BCUT2D eigenvalue weighted by atomic mass is 16.3. The molecular formula is C40H34O. The Balaban J connectivity index is 0.00000135. The third-order valence-electron chi connectivity index (χ3n) is 8.36. The van der Waals surface area contributed by atoms with Gasteiger partial charge in [-0.05, 0) is 89.8 Å². The molecule has 0 unspecified atom stereocenters. The minimum atomic E-state index is 0.0901. The van der Waals surface area contributed by atoms with E-state index in [1.165, 1.54) is 60.1 Å². The van der Waals surface area contributed by atoms with Gasteiger partial charge in [-0.2, -0.15) is 0 Å². The largest absolute Gasteiger partial charge is 0.456 e. The van der Waals surface area contributed by atoms with E-state index < -0.39 is 0 Å². The summed E-state index contributed by atoms with van der Waals surface area (Å²) in [5, 5.41) is 10.2. The Morgan fingerprint density at radius 1 is 0.463 bits per heavy atom. The fraction of sp³-hybridized carbons (Fsp3) is 0.150. The van der Waals surface area contributed by atoms with Crippen LogP contribution in [0.3, 0.4) is 0 Å². The monoisotopic (exact) mass is 530 g/mol. The topological polar surface area (TPSA) is 13.1 Å². The van der Waals surface area contributed by atoms with E-state index in [0.717, 1.165) is 21.9 Å².